The van der Waals surface area contributed by atoms with Gasteiger partial charge < -0.3 is 10.5 Å². The lowest BCUT2D eigenvalue weighted by molar-refractivity contribution is 0.312. The van der Waals surface area contributed by atoms with Crippen LogP contribution < -0.4 is 5.32 Å². The van der Waals surface area contributed by atoms with E-state index in [1.807, 2.05) is 0 Å². The molecular formula is C13H14F2N2O. The van der Waals surface area contributed by atoms with Gasteiger partial charge in [-0.25, -0.2) is 8.78 Å². The maximum absolute atomic E-state index is 13.6. The SMILES string of the molecule is O/N=C1\[C@H]2CC[C@H](C2)[C@H]1Nc1ccc(F)cc1F. The van der Waals surface area contributed by atoms with Gasteiger partial charge in [-0.1, -0.05) is 5.16 Å². The minimum atomic E-state index is -0.616. The van der Waals surface area contributed by atoms with Crippen molar-refractivity contribution in [2.24, 2.45) is 17.0 Å². The van der Waals surface area contributed by atoms with E-state index in [0.29, 0.717) is 17.5 Å². The summed E-state index contributed by atoms with van der Waals surface area (Å²) in [6, 6.07) is 3.32. The number of benzene rings is 1. The van der Waals surface area contributed by atoms with Crippen molar-refractivity contribution < 1.29 is 14.0 Å². The van der Waals surface area contributed by atoms with Gasteiger partial charge in [-0.05, 0) is 37.3 Å². The average Bonchev–Trinajstić information content (AvgIpc) is 2.93. The highest BCUT2D eigenvalue weighted by molar-refractivity contribution is 5.96. The van der Waals surface area contributed by atoms with Crippen LogP contribution >= 0.6 is 0 Å². The first-order chi connectivity index (χ1) is 8.69. The summed E-state index contributed by atoms with van der Waals surface area (Å²) in [5.41, 5.74) is 0.963. The van der Waals surface area contributed by atoms with Gasteiger partial charge in [-0.3, -0.25) is 0 Å². The molecule has 0 aromatic heterocycles. The van der Waals surface area contributed by atoms with E-state index in [1.165, 1.54) is 12.1 Å². The van der Waals surface area contributed by atoms with E-state index in [4.69, 9.17) is 5.21 Å². The predicted octanol–water partition coefficient (Wildman–Crippen LogP) is 3.01. The smallest absolute Gasteiger partial charge is 0.149 e. The minimum Gasteiger partial charge on any atom is -0.411 e. The van der Waals surface area contributed by atoms with Gasteiger partial charge in [0.2, 0.25) is 0 Å². The molecule has 0 radical (unpaired) electrons. The van der Waals surface area contributed by atoms with E-state index in [0.717, 1.165) is 25.3 Å². The lowest BCUT2D eigenvalue weighted by atomic mass is 9.93. The molecule has 0 unspecified atom stereocenters. The first-order valence-corrected chi connectivity index (χ1v) is 6.12. The average molecular weight is 252 g/mol. The van der Waals surface area contributed by atoms with Crippen LogP contribution in [-0.4, -0.2) is 17.0 Å². The Bertz CT molecular complexity index is 504. The van der Waals surface area contributed by atoms with E-state index >= 15 is 0 Å². The largest absolute Gasteiger partial charge is 0.411 e. The van der Waals surface area contributed by atoms with Gasteiger partial charge >= 0.3 is 0 Å². The topological polar surface area (TPSA) is 44.6 Å². The molecule has 2 aliphatic carbocycles. The van der Waals surface area contributed by atoms with Gasteiger partial charge in [0, 0.05) is 12.0 Å². The van der Waals surface area contributed by atoms with Crippen LogP contribution in [0.1, 0.15) is 19.3 Å². The molecule has 0 heterocycles. The number of rotatable bonds is 2. The van der Waals surface area contributed by atoms with E-state index in [-0.39, 0.29) is 11.7 Å². The van der Waals surface area contributed by atoms with Crippen molar-refractivity contribution in [3.05, 3.63) is 29.8 Å². The molecule has 3 atom stereocenters. The van der Waals surface area contributed by atoms with Crippen molar-refractivity contribution in [2.75, 3.05) is 5.32 Å². The van der Waals surface area contributed by atoms with Crippen LogP contribution in [0.5, 0.6) is 0 Å². The second-order valence-electron chi connectivity index (χ2n) is 5.04. The highest BCUT2D eigenvalue weighted by Crippen LogP contribution is 2.44. The maximum atomic E-state index is 13.6. The molecule has 2 bridgehead atoms. The molecule has 3 nitrogen and oxygen atoms in total. The minimum absolute atomic E-state index is 0.131. The lowest BCUT2D eigenvalue weighted by Crippen LogP contribution is -2.35. The zero-order valence-corrected chi connectivity index (χ0v) is 9.74. The first-order valence-electron chi connectivity index (χ1n) is 6.12. The van der Waals surface area contributed by atoms with E-state index < -0.39 is 11.6 Å². The Kier molecular flexibility index (Phi) is 2.69. The zero-order chi connectivity index (χ0) is 12.7. The Morgan fingerprint density at radius 1 is 1.28 bits per heavy atom. The monoisotopic (exact) mass is 252 g/mol. The standard InChI is InChI=1S/C13H14F2N2O/c14-9-3-4-11(10(15)6-9)16-12-7-1-2-8(5-7)13(12)17-18/h3-4,6-8,12,16,18H,1-2,5H2/b17-13+/t7-,8+,12-/m1/s1. The molecule has 18 heavy (non-hydrogen) atoms. The number of nitrogens with zero attached hydrogens (tertiary/aromatic N) is 1. The summed E-state index contributed by atoms with van der Waals surface area (Å²) in [5.74, 6) is -0.525. The molecule has 0 aliphatic heterocycles. The van der Waals surface area contributed by atoms with Crippen LogP contribution in [0.2, 0.25) is 0 Å². The third-order valence-electron chi connectivity index (χ3n) is 4.04. The summed E-state index contributed by atoms with van der Waals surface area (Å²) in [6.07, 6.45) is 3.08. The Morgan fingerprint density at radius 3 is 2.83 bits per heavy atom. The zero-order valence-electron chi connectivity index (χ0n) is 9.74. The predicted molar refractivity (Wildman–Crippen MR) is 63.8 cm³/mol. The van der Waals surface area contributed by atoms with Gasteiger partial charge in [-0.2, -0.15) is 0 Å². The summed E-state index contributed by atoms with van der Waals surface area (Å²) in [7, 11) is 0. The van der Waals surface area contributed by atoms with Crippen molar-refractivity contribution in [3.8, 4) is 0 Å². The van der Waals surface area contributed by atoms with Crippen LogP contribution in [0.15, 0.2) is 23.4 Å². The summed E-state index contributed by atoms with van der Waals surface area (Å²) in [4.78, 5) is 0. The summed E-state index contributed by atoms with van der Waals surface area (Å²) >= 11 is 0. The molecule has 1 aromatic rings. The number of fused-ring (bicyclic) bond motifs is 2. The molecule has 0 spiro atoms. The third kappa shape index (κ3) is 1.74. The van der Waals surface area contributed by atoms with Gasteiger partial charge in [0.25, 0.3) is 0 Å². The van der Waals surface area contributed by atoms with Gasteiger partial charge in [-0.15, -0.1) is 0 Å². The fourth-order valence-corrected chi connectivity index (χ4v) is 3.19. The molecule has 1 aromatic carbocycles. The first kappa shape index (κ1) is 11.4. The molecule has 5 heteroatoms. The van der Waals surface area contributed by atoms with E-state index in [9.17, 15) is 8.78 Å². The number of halogens is 2. The van der Waals surface area contributed by atoms with Crippen molar-refractivity contribution >= 4 is 11.4 Å². The Hall–Kier alpha value is -1.65. The van der Waals surface area contributed by atoms with Crippen molar-refractivity contribution in [2.45, 2.75) is 25.3 Å². The van der Waals surface area contributed by atoms with Crippen LogP contribution in [0.4, 0.5) is 14.5 Å². The Morgan fingerprint density at radius 2 is 2.11 bits per heavy atom. The second-order valence-corrected chi connectivity index (χ2v) is 5.04. The fourth-order valence-electron chi connectivity index (χ4n) is 3.19. The van der Waals surface area contributed by atoms with E-state index in [2.05, 4.69) is 10.5 Å². The second kappa shape index (κ2) is 4.23. The van der Waals surface area contributed by atoms with Crippen LogP contribution in [-0.2, 0) is 0 Å². The lowest BCUT2D eigenvalue weighted by Gasteiger charge is -2.25. The highest BCUT2D eigenvalue weighted by Gasteiger charge is 2.45. The van der Waals surface area contributed by atoms with Crippen LogP contribution in [0.25, 0.3) is 0 Å². The summed E-state index contributed by atoms with van der Waals surface area (Å²) < 4.78 is 26.4. The Balaban J connectivity index is 1.84. The third-order valence-corrected chi connectivity index (χ3v) is 4.04. The molecule has 2 aliphatic rings. The number of hydrogen-bond acceptors (Lipinski definition) is 3. The normalized spacial score (nSPS) is 32.1. The van der Waals surface area contributed by atoms with Crippen molar-refractivity contribution in [1.82, 2.24) is 0 Å². The summed E-state index contributed by atoms with van der Waals surface area (Å²) in [5, 5.41) is 15.4. The molecule has 96 valence electrons. The molecular weight excluding hydrogens is 238 g/mol. The molecule has 0 amide bonds. The van der Waals surface area contributed by atoms with Crippen molar-refractivity contribution in [1.29, 1.82) is 0 Å². The number of hydrogen-bond donors (Lipinski definition) is 2. The van der Waals surface area contributed by atoms with Crippen LogP contribution in [0, 0.1) is 23.5 Å². The summed E-state index contributed by atoms with van der Waals surface area (Å²) in [6.45, 7) is 0. The molecule has 2 saturated carbocycles. The van der Waals surface area contributed by atoms with Gasteiger partial charge in [0.1, 0.15) is 11.6 Å². The van der Waals surface area contributed by atoms with Gasteiger partial charge in [0.05, 0.1) is 17.4 Å². The fraction of sp³-hybridized carbons (Fsp3) is 0.462. The quantitative estimate of drug-likeness (QED) is 0.627. The highest BCUT2D eigenvalue weighted by atomic mass is 19.1. The molecule has 2 N–H and O–H groups in total. The molecule has 0 saturated heterocycles. The molecule has 3 rings (SSSR count). The number of nitrogens with one attached hydrogen (secondary N) is 1. The van der Waals surface area contributed by atoms with Crippen LogP contribution in [0.3, 0.4) is 0 Å². The number of oxime groups is 1. The maximum Gasteiger partial charge on any atom is 0.149 e. The van der Waals surface area contributed by atoms with Crippen molar-refractivity contribution in [3.63, 3.8) is 0 Å². The number of anilines is 1. The van der Waals surface area contributed by atoms with E-state index in [1.54, 1.807) is 0 Å². The van der Waals surface area contributed by atoms with Gasteiger partial charge in [0.15, 0.2) is 0 Å². The molecule has 2 fully saturated rings. The Labute approximate surface area is 103 Å².